The minimum absolute atomic E-state index is 0.277. The Morgan fingerprint density at radius 1 is 1.36 bits per heavy atom. The van der Waals surface area contributed by atoms with Crippen molar-refractivity contribution in [1.82, 2.24) is 10.2 Å². The van der Waals surface area contributed by atoms with Crippen LogP contribution in [0.1, 0.15) is 13.8 Å². The maximum absolute atomic E-state index is 8.73. The van der Waals surface area contributed by atoms with Crippen molar-refractivity contribution in [3.05, 3.63) is 0 Å². The van der Waals surface area contributed by atoms with Gasteiger partial charge in [0, 0.05) is 31.7 Å². The van der Waals surface area contributed by atoms with Crippen LogP contribution >= 0.6 is 0 Å². The van der Waals surface area contributed by atoms with Gasteiger partial charge in [-0.25, -0.2) is 0 Å². The van der Waals surface area contributed by atoms with E-state index in [4.69, 9.17) is 5.11 Å². The van der Waals surface area contributed by atoms with Gasteiger partial charge in [0.15, 0.2) is 0 Å². The van der Waals surface area contributed by atoms with E-state index in [1.54, 1.807) is 0 Å². The summed E-state index contributed by atoms with van der Waals surface area (Å²) in [5, 5.41) is 12.2. The van der Waals surface area contributed by atoms with Crippen LogP contribution in [0.3, 0.4) is 0 Å². The molecule has 0 aromatic rings. The Labute approximate surface area is 68.4 Å². The van der Waals surface area contributed by atoms with Crippen molar-refractivity contribution in [2.75, 3.05) is 26.2 Å². The van der Waals surface area contributed by atoms with Gasteiger partial charge in [0.05, 0.1) is 6.61 Å². The minimum Gasteiger partial charge on any atom is -0.395 e. The summed E-state index contributed by atoms with van der Waals surface area (Å²) in [6, 6.07) is 1.12. The molecule has 2 atom stereocenters. The topological polar surface area (TPSA) is 35.5 Å². The standard InChI is InChI=1S/C8H18N2O/c1-7-5-10(3-4-11)6-8(2)9-7/h7-9,11H,3-6H2,1-2H3. The minimum atomic E-state index is 0.277. The molecule has 2 N–H and O–H groups in total. The van der Waals surface area contributed by atoms with Crippen molar-refractivity contribution in [1.29, 1.82) is 0 Å². The molecule has 0 aliphatic carbocycles. The second-order valence-corrected chi connectivity index (χ2v) is 3.45. The maximum Gasteiger partial charge on any atom is 0.0558 e. The fourth-order valence-electron chi connectivity index (χ4n) is 1.76. The Bertz CT molecular complexity index is 109. The highest BCUT2D eigenvalue weighted by Crippen LogP contribution is 2.02. The summed E-state index contributed by atoms with van der Waals surface area (Å²) in [6.07, 6.45) is 0. The van der Waals surface area contributed by atoms with E-state index < -0.39 is 0 Å². The van der Waals surface area contributed by atoms with Gasteiger partial charge in [0.25, 0.3) is 0 Å². The molecular weight excluding hydrogens is 140 g/mol. The SMILES string of the molecule is CC1CN(CCO)CC(C)N1. The lowest BCUT2D eigenvalue weighted by atomic mass is 10.1. The van der Waals surface area contributed by atoms with E-state index in [1.807, 2.05) is 0 Å². The number of rotatable bonds is 2. The molecule has 2 unspecified atom stereocenters. The quantitative estimate of drug-likeness (QED) is 0.577. The van der Waals surface area contributed by atoms with Gasteiger partial charge >= 0.3 is 0 Å². The molecule has 0 bridgehead atoms. The number of aliphatic hydroxyl groups excluding tert-OH is 1. The molecule has 66 valence electrons. The average molecular weight is 158 g/mol. The summed E-state index contributed by atoms with van der Waals surface area (Å²) >= 11 is 0. The first-order valence-electron chi connectivity index (χ1n) is 4.31. The summed E-state index contributed by atoms with van der Waals surface area (Å²) < 4.78 is 0. The Balaban J connectivity index is 2.30. The largest absolute Gasteiger partial charge is 0.395 e. The van der Waals surface area contributed by atoms with Crippen LogP contribution in [0.4, 0.5) is 0 Å². The maximum atomic E-state index is 8.73. The van der Waals surface area contributed by atoms with Gasteiger partial charge in [-0.15, -0.1) is 0 Å². The lowest BCUT2D eigenvalue weighted by Gasteiger charge is -2.35. The van der Waals surface area contributed by atoms with E-state index in [2.05, 4.69) is 24.1 Å². The molecule has 1 fully saturated rings. The average Bonchev–Trinajstić information content (AvgIpc) is 1.85. The van der Waals surface area contributed by atoms with E-state index in [1.165, 1.54) is 0 Å². The van der Waals surface area contributed by atoms with Gasteiger partial charge in [0.2, 0.25) is 0 Å². The normalized spacial score (nSPS) is 34.1. The number of nitrogens with zero attached hydrogens (tertiary/aromatic N) is 1. The van der Waals surface area contributed by atoms with Gasteiger partial charge in [-0.2, -0.15) is 0 Å². The van der Waals surface area contributed by atoms with Crippen LogP contribution in [-0.2, 0) is 0 Å². The number of hydrogen-bond donors (Lipinski definition) is 2. The van der Waals surface area contributed by atoms with E-state index in [9.17, 15) is 0 Å². The van der Waals surface area contributed by atoms with Crippen LogP contribution in [0.2, 0.25) is 0 Å². The van der Waals surface area contributed by atoms with Crippen LogP contribution in [0.25, 0.3) is 0 Å². The molecule has 0 aromatic carbocycles. The molecule has 11 heavy (non-hydrogen) atoms. The fourth-order valence-corrected chi connectivity index (χ4v) is 1.76. The molecule has 1 aliphatic heterocycles. The molecule has 3 nitrogen and oxygen atoms in total. The third-order valence-corrected chi connectivity index (χ3v) is 2.05. The molecule has 0 spiro atoms. The second kappa shape index (κ2) is 4.04. The van der Waals surface area contributed by atoms with Gasteiger partial charge in [-0.3, -0.25) is 4.90 Å². The van der Waals surface area contributed by atoms with Crippen molar-refractivity contribution in [3.8, 4) is 0 Å². The highest BCUT2D eigenvalue weighted by Gasteiger charge is 2.19. The van der Waals surface area contributed by atoms with Gasteiger partial charge < -0.3 is 10.4 Å². The van der Waals surface area contributed by atoms with Crippen molar-refractivity contribution < 1.29 is 5.11 Å². The molecular formula is C8H18N2O. The number of nitrogens with one attached hydrogen (secondary N) is 1. The molecule has 1 saturated heterocycles. The molecule has 0 aromatic heterocycles. The van der Waals surface area contributed by atoms with Crippen molar-refractivity contribution in [2.24, 2.45) is 0 Å². The Morgan fingerprint density at radius 2 is 1.91 bits per heavy atom. The molecule has 1 rings (SSSR count). The van der Waals surface area contributed by atoms with Crippen LogP contribution in [0, 0.1) is 0 Å². The smallest absolute Gasteiger partial charge is 0.0558 e. The lowest BCUT2D eigenvalue weighted by molar-refractivity contribution is 0.140. The zero-order valence-electron chi connectivity index (χ0n) is 7.38. The predicted octanol–water partition coefficient (Wildman–Crippen LogP) is -0.339. The first kappa shape index (κ1) is 8.97. The summed E-state index contributed by atoms with van der Waals surface area (Å²) in [5.41, 5.74) is 0. The summed E-state index contributed by atoms with van der Waals surface area (Å²) in [5.74, 6) is 0. The number of hydrogen-bond acceptors (Lipinski definition) is 3. The highest BCUT2D eigenvalue weighted by atomic mass is 16.3. The van der Waals surface area contributed by atoms with E-state index in [-0.39, 0.29) is 6.61 Å². The molecule has 0 amide bonds. The fraction of sp³-hybridized carbons (Fsp3) is 1.00. The molecule has 1 aliphatic rings. The van der Waals surface area contributed by atoms with Gasteiger partial charge in [-0.05, 0) is 13.8 Å². The molecule has 1 heterocycles. The van der Waals surface area contributed by atoms with Crippen molar-refractivity contribution >= 4 is 0 Å². The monoisotopic (exact) mass is 158 g/mol. The summed E-state index contributed by atoms with van der Waals surface area (Å²) in [4.78, 5) is 2.30. The van der Waals surface area contributed by atoms with E-state index in [0.717, 1.165) is 19.6 Å². The first-order chi connectivity index (χ1) is 5.22. The lowest BCUT2D eigenvalue weighted by Crippen LogP contribution is -2.54. The Kier molecular flexibility index (Phi) is 3.30. The second-order valence-electron chi connectivity index (χ2n) is 3.45. The molecule has 3 heteroatoms. The third kappa shape index (κ3) is 2.77. The van der Waals surface area contributed by atoms with Gasteiger partial charge in [0.1, 0.15) is 0 Å². The number of piperazine rings is 1. The molecule has 0 saturated carbocycles. The number of aliphatic hydroxyl groups is 1. The predicted molar refractivity (Wildman–Crippen MR) is 45.6 cm³/mol. The van der Waals surface area contributed by atoms with Crippen LogP contribution < -0.4 is 5.32 Å². The highest BCUT2D eigenvalue weighted by molar-refractivity contribution is 4.80. The zero-order valence-corrected chi connectivity index (χ0v) is 7.38. The summed E-state index contributed by atoms with van der Waals surface area (Å²) in [7, 11) is 0. The van der Waals surface area contributed by atoms with E-state index >= 15 is 0 Å². The van der Waals surface area contributed by atoms with Crippen molar-refractivity contribution in [3.63, 3.8) is 0 Å². The van der Waals surface area contributed by atoms with Gasteiger partial charge in [-0.1, -0.05) is 0 Å². The number of β-amino-alcohol motifs (C(OH)–C–C–N with tert-alkyl or cyclic N) is 1. The van der Waals surface area contributed by atoms with Crippen molar-refractivity contribution in [2.45, 2.75) is 25.9 Å². The van der Waals surface area contributed by atoms with Crippen LogP contribution in [0.15, 0.2) is 0 Å². The van der Waals surface area contributed by atoms with E-state index in [0.29, 0.717) is 12.1 Å². The Hall–Kier alpha value is -0.120. The molecule has 0 radical (unpaired) electrons. The van der Waals surface area contributed by atoms with Crippen LogP contribution in [0.5, 0.6) is 0 Å². The van der Waals surface area contributed by atoms with Crippen LogP contribution in [-0.4, -0.2) is 48.3 Å². The third-order valence-electron chi connectivity index (χ3n) is 2.05. The zero-order chi connectivity index (χ0) is 8.27. The first-order valence-corrected chi connectivity index (χ1v) is 4.31. The summed E-state index contributed by atoms with van der Waals surface area (Å²) in [6.45, 7) is 7.58. The Morgan fingerprint density at radius 3 is 2.36 bits per heavy atom.